The van der Waals surface area contributed by atoms with Crippen LogP contribution >= 0.6 is 0 Å². The number of hydrogen-bond acceptors (Lipinski definition) is 10. The van der Waals surface area contributed by atoms with E-state index in [1.54, 1.807) is 6.20 Å². The molecular weight excluding hydrogens is 466 g/mol. The van der Waals surface area contributed by atoms with Crippen molar-refractivity contribution in [3.05, 3.63) is 65.6 Å². The quantitative estimate of drug-likeness (QED) is 0.294. The van der Waals surface area contributed by atoms with E-state index < -0.39 is 11.9 Å². The van der Waals surface area contributed by atoms with E-state index in [1.807, 2.05) is 6.92 Å². The number of rotatable bonds is 3. The highest BCUT2D eigenvalue weighted by Crippen LogP contribution is 2.23. The number of hydrogen-bond donors (Lipinski definition) is 6. The zero-order chi connectivity index (χ0) is 26.1. The molecule has 1 amide bonds. The Balaban J connectivity index is 0.000000186. The smallest absolute Gasteiger partial charge is 0.415 e. The number of aromatic nitrogens is 2. The molecule has 0 spiro atoms. The summed E-state index contributed by atoms with van der Waals surface area (Å²) < 4.78 is 4.91. The molecule has 1 aromatic heterocycles. The summed E-state index contributed by atoms with van der Waals surface area (Å²) in [7, 11) is 0. The van der Waals surface area contributed by atoms with Gasteiger partial charge in [-0.25, -0.2) is 24.4 Å². The molecule has 0 saturated carbocycles. The Kier molecular flexibility index (Phi) is 8.75. The van der Waals surface area contributed by atoms with E-state index in [2.05, 4.69) is 9.97 Å². The molecule has 0 aliphatic carbocycles. The lowest BCUT2D eigenvalue weighted by atomic mass is 10.2. The highest BCUT2D eigenvalue weighted by molar-refractivity contribution is 5.91. The molecule has 2 heterocycles. The fourth-order valence-electron chi connectivity index (χ4n) is 2.67. The van der Waals surface area contributed by atoms with Gasteiger partial charge in [0.1, 0.15) is 52.9 Å². The molecule has 184 valence electrons. The van der Waals surface area contributed by atoms with Crippen LogP contribution in [0.3, 0.4) is 0 Å². The van der Waals surface area contributed by atoms with Crippen molar-refractivity contribution in [2.75, 3.05) is 11.4 Å². The number of phenolic OH excluding ortho intramolecular Hbond substituents is 2. The number of anilines is 1. The van der Waals surface area contributed by atoms with Crippen LogP contribution in [0.25, 0.3) is 0 Å². The Morgan fingerprint density at radius 2 is 1.46 bits per heavy atom. The van der Waals surface area contributed by atoms with Gasteiger partial charge in [-0.1, -0.05) is 0 Å². The Bertz CT molecular complexity index is 1170. The Morgan fingerprint density at radius 3 is 1.89 bits per heavy atom. The second-order valence-corrected chi connectivity index (χ2v) is 6.68. The molecule has 4 rings (SSSR count). The van der Waals surface area contributed by atoms with Gasteiger partial charge in [0.25, 0.3) is 0 Å². The van der Waals surface area contributed by atoms with E-state index in [0.29, 0.717) is 12.4 Å². The number of carbonyl (C=O) groups is 3. The highest BCUT2D eigenvalue weighted by Gasteiger charge is 2.25. The number of carboxylic acids is 2. The number of carbonyl (C=O) groups excluding carboxylic acids is 1. The number of aromatic carboxylic acids is 2. The zero-order valence-electron chi connectivity index (χ0n) is 18.2. The van der Waals surface area contributed by atoms with Crippen LogP contribution in [-0.2, 0) is 11.3 Å². The Morgan fingerprint density at radius 1 is 0.943 bits per heavy atom. The van der Waals surface area contributed by atoms with Crippen molar-refractivity contribution in [3.8, 4) is 23.0 Å². The summed E-state index contributed by atoms with van der Waals surface area (Å²) in [6.07, 6.45) is 2.76. The third-order valence-corrected chi connectivity index (χ3v) is 4.33. The number of aromatic hydroxyl groups is 4. The van der Waals surface area contributed by atoms with E-state index in [1.165, 1.54) is 23.4 Å². The van der Waals surface area contributed by atoms with Crippen molar-refractivity contribution >= 4 is 23.8 Å². The van der Waals surface area contributed by atoms with Gasteiger partial charge in [-0.15, -0.1) is 0 Å². The standard InChI is InChI=1S/C8H9N3O2.2C7H6O4/c1-2-11-7-6(3-9-5-10-7)4-13-8(11)12;2*8-4-1-2-6(9)5(3-4)7(10)11/h3,5H,2,4H2,1H3;2*1-3,8-9H,(H,10,11). The third-order valence-electron chi connectivity index (χ3n) is 4.33. The molecule has 0 atom stereocenters. The first-order valence-corrected chi connectivity index (χ1v) is 9.78. The number of amides is 1. The van der Waals surface area contributed by atoms with Gasteiger partial charge in [-0.2, -0.15) is 0 Å². The zero-order valence-corrected chi connectivity index (χ0v) is 18.2. The van der Waals surface area contributed by atoms with Gasteiger partial charge in [-0.3, -0.25) is 4.90 Å². The molecule has 6 N–H and O–H groups in total. The second kappa shape index (κ2) is 11.7. The Hall–Kier alpha value is -5.07. The lowest BCUT2D eigenvalue weighted by Gasteiger charge is -2.25. The van der Waals surface area contributed by atoms with Gasteiger partial charge in [0.15, 0.2) is 0 Å². The predicted molar refractivity (Wildman–Crippen MR) is 119 cm³/mol. The minimum absolute atomic E-state index is 0.180. The normalized spacial score (nSPS) is 11.6. The van der Waals surface area contributed by atoms with Gasteiger partial charge >= 0.3 is 18.0 Å². The van der Waals surface area contributed by atoms with Crippen molar-refractivity contribution in [1.29, 1.82) is 0 Å². The first-order chi connectivity index (χ1) is 16.5. The third kappa shape index (κ3) is 6.95. The molecule has 0 unspecified atom stereocenters. The van der Waals surface area contributed by atoms with E-state index in [-0.39, 0.29) is 46.8 Å². The topological polar surface area (TPSA) is 211 Å². The van der Waals surface area contributed by atoms with Crippen LogP contribution in [0, 0.1) is 0 Å². The molecule has 0 saturated heterocycles. The molecule has 13 nitrogen and oxygen atoms in total. The molecular formula is C22H21N3O10. The SMILES string of the molecule is CCN1C(=O)OCc2cncnc21.O=C(O)c1cc(O)ccc1O.O=C(O)c1cc(O)ccc1O. The number of benzene rings is 2. The average Bonchev–Trinajstić information content (AvgIpc) is 2.82. The minimum Gasteiger partial charge on any atom is -0.508 e. The molecule has 13 heteroatoms. The lowest BCUT2D eigenvalue weighted by molar-refractivity contribution is 0.0682. The fraction of sp³-hybridized carbons (Fsp3) is 0.136. The van der Waals surface area contributed by atoms with Crippen LogP contribution in [0.15, 0.2) is 48.9 Å². The number of phenols is 4. The average molecular weight is 487 g/mol. The predicted octanol–water partition coefficient (Wildman–Crippen LogP) is 2.55. The van der Waals surface area contributed by atoms with E-state index in [0.717, 1.165) is 29.8 Å². The monoisotopic (exact) mass is 487 g/mol. The van der Waals surface area contributed by atoms with E-state index in [4.69, 9.17) is 35.4 Å². The summed E-state index contributed by atoms with van der Waals surface area (Å²) >= 11 is 0. The summed E-state index contributed by atoms with van der Waals surface area (Å²) in [5, 5.41) is 52.3. The number of nitrogens with zero attached hydrogens (tertiary/aromatic N) is 3. The maximum atomic E-state index is 11.2. The number of ether oxygens (including phenoxy) is 1. The molecule has 2 aromatic carbocycles. The van der Waals surface area contributed by atoms with Gasteiger partial charge in [0.2, 0.25) is 0 Å². The number of cyclic esters (lactones) is 1. The van der Waals surface area contributed by atoms with E-state index in [9.17, 15) is 14.4 Å². The lowest BCUT2D eigenvalue weighted by Crippen LogP contribution is -2.36. The summed E-state index contributed by atoms with van der Waals surface area (Å²) in [5.74, 6) is -2.93. The second-order valence-electron chi connectivity index (χ2n) is 6.68. The molecule has 0 fully saturated rings. The van der Waals surface area contributed by atoms with Crippen LogP contribution in [0.1, 0.15) is 33.2 Å². The van der Waals surface area contributed by atoms with Gasteiger partial charge < -0.3 is 35.4 Å². The summed E-state index contributed by atoms with van der Waals surface area (Å²) in [5.41, 5.74) is 0.249. The molecule has 1 aliphatic rings. The molecule has 0 radical (unpaired) electrons. The molecule has 35 heavy (non-hydrogen) atoms. The van der Waals surface area contributed by atoms with Crippen molar-refractivity contribution in [1.82, 2.24) is 9.97 Å². The van der Waals surface area contributed by atoms with Gasteiger partial charge in [0.05, 0.1) is 5.56 Å². The van der Waals surface area contributed by atoms with Gasteiger partial charge in [0, 0.05) is 12.7 Å². The summed E-state index contributed by atoms with van der Waals surface area (Å²) in [6.45, 7) is 2.70. The number of carboxylic acid groups (broad SMARTS) is 2. The number of fused-ring (bicyclic) bond motifs is 1. The summed E-state index contributed by atoms with van der Waals surface area (Å²) in [6, 6.07) is 6.64. The fourth-order valence-corrected chi connectivity index (χ4v) is 2.67. The van der Waals surface area contributed by atoms with Crippen molar-refractivity contribution < 1.29 is 49.8 Å². The van der Waals surface area contributed by atoms with E-state index >= 15 is 0 Å². The van der Waals surface area contributed by atoms with Crippen LogP contribution in [0.2, 0.25) is 0 Å². The Labute approximate surface area is 197 Å². The maximum Gasteiger partial charge on any atom is 0.415 e. The summed E-state index contributed by atoms with van der Waals surface area (Å²) in [4.78, 5) is 41.2. The maximum absolute atomic E-state index is 11.2. The van der Waals surface area contributed by atoms with Crippen LogP contribution in [0.4, 0.5) is 10.6 Å². The van der Waals surface area contributed by atoms with Crippen LogP contribution in [-0.4, -0.2) is 65.2 Å². The van der Waals surface area contributed by atoms with Crippen LogP contribution < -0.4 is 4.90 Å². The van der Waals surface area contributed by atoms with Crippen molar-refractivity contribution in [3.63, 3.8) is 0 Å². The van der Waals surface area contributed by atoms with Crippen molar-refractivity contribution in [2.45, 2.75) is 13.5 Å². The first kappa shape index (κ1) is 26.2. The first-order valence-electron chi connectivity index (χ1n) is 9.78. The van der Waals surface area contributed by atoms with Crippen LogP contribution in [0.5, 0.6) is 23.0 Å². The molecule has 1 aliphatic heterocycles. The molecule has 0 bridgehead atoms. The largest absolute Gasteiger partial charge is 0.508 e. The highest BCUT2D eigenvalue weighted by atomic mass is 16.6. The molecule has 3 aromatic rings. The van der Waals surface area contributed by atoms with Crippen molar-refractivity contribution in [2.24, 2.45) is 0 Å². The van der Waals surface area contributed by atoms with Gasteiger partial charge in [-0.05, 0) is 43.3 Å². The minimum atomic E-state index is -1.27.